The SMILES string of the molecule is O=C1NN=CC(=N/N=C\c2cccc(Oc3ccccc3)c2)C1Cl. The highest BCUT2D eigenvalue weighted by Crippen LogP contribution is 2.21. The summed E-state index contributed by atoms with van der Waals surface area (Å²) >= 11 is 5.90. The van der Waals surface area contributed by atoms with Gasteiger partial charge in [0.05, 0.1) is 12.4 Å². The number of nitrogens with one attached hydrogen (secondary N) is 1. The van der Waals surface area contributed by atoms with E-state index in [9.17, 15) is 4.79 Å². The molecule has 0 aromatic heterocycles. The summed E-state index contributed by atoms with van der Waals surface area (Å²) in [6.45, 7) is 0. The van der Waals surface area contributed by atoms with Crippen LogP contribution in [0, 0.1) is 0 Å². The number of hydrazone groups is 1. The van der Waals surface area contributed by atoms with Crippen LogP contribution in [0.2, 0.25) is 0 Å². The van der Waals surface area contributed by atoms with Gasteiger partial charge in [-0.3, -0.25) is 4.79 Å². The van der Waals surface area contributed by atoms with Gasteiger partial charge in [-0.1, -0.05) is 30.3 Å². The number of benzene rings is 2. The van der Waals surface area contributed by atoms with Crippen LogP contribution in [0.1, 0.15) is 5.56 Å². The van der Waals surface area contributed by atoms with Crippen molar-refractivity contribution in [2.24, 2.45) is 15.3 Å². The molecule has 0 aliphatic carbocycles. The third-order valence-corrected chi connectivity index (χ3v) is 3.50. The monoisotopic (exact) mass is 340 g/mol. The van der Waals surface area contributed by atoms with Gasteiger partial charge in [-0.05, 0) is 29.8 Å². The van der Waals surface area contributed by atoms with Crippen molar-refractivity contribution >= 4 is 35.6 Å². The van der Waals surface area contributed by atoms with Crippen molar-refractivity contribution in [1.82, 2.24) is 5.43 Å². The number of carbonyl (C=O) groups excluding carboxylic acids is 1. The molecule has 0 radical (unpaired) electrons. The molecule has 0 bridgehead atoms. The highest BCUT2D eigenvalue weighted by molar-refractivity contribution is 6.54. The zero-order valence-electron chi connectivity index (χ0n) is 12.5. The molecule has 7 heteroatoms. The van der Waals surface area contributed by atoms with Crippen LogP contribution >= 0.6 is 11.6 Å². The molecular formula is C17H13ClN4O2. The molecule has 1 amide bonds. The summed E-state index contributed by atoms with van der Waals surface area (Å²) in [4.78, 5) is 11.3. The standard InChI is InChI=1S/C17H13ClN4O2/c18-16-15(11-20-22-17(16)23)21-19-10-12-5-4-8-14(9-12)24-13-6-2-1-3-7-13/h1-11,16H,(H,22,23)/b19-10-,21-15?. The van der Waals surface area contributed by atoms with E-state index in [1.807, 2.05) is 54.6 Å². The molecule has 2 aromatic rings. The first-order valence-electron chi connectivity index (χ1n) is 7.13. The lowest BCUT2D eigenvalue weighted by molar-refractivity contribution is -0.119. The van der Waals surface area contributed by atoms with Crippen molar-refractivity contribution in [3.05, 3.63) is 60.2 Å². The van der Waals surface area contributed by atoms with Crippen molar-refractivity contribution in [2.45, 2.75) is 5.38 Å². The lowest BCUT2D eigenvalue weighted by Crippen LogP contribution is -2.38. The average molecular weight is 341 g/mol. The second kappa shape index (κ2) is 7.52. The average Bonchev–Trinajstić information content (AvgIpc) is 2.60. The van der Waals surface area contributed by atoms with Gasteiger partial charge in [0.1, 0.15) is 17.2 Å². The van der Waals surface area contributed by atoms with Crippen LogP contribution in [0.4, 0.5) is 0 Å². The first kappa shape index (κ1) is 15.9. The minimum Gasteiger partial charge on any atom is -0.457 e. The van der Waals surface area contributed by atoms with Crippen molar-refractivity contribution in [1.29, 1.82) is 0 Å². The van der Waals surface area contributed by atoms with Crippen molar-refractivity contribution in [3.63, 3.8) is 0 Å². The summed E-state index contributed by atoms with van der Waals surface area (Å²) in [7, 11) is 0. The number of hydrogen-bond donors (Lipinski definition) is 1. The fraction of sp³-hybridized carbons (Fsp3) is 0.0588. The number of ether oxygens (including phenoxy) is 1. The Kier molecular flexibility index (Phi) is 4.98. The normalized spacial score (nSPS) is 18.8. The Balaban J connectivity index is 1.71. The van der Waals surface area contributed by atoms with Gasteiger partial charge < -0.3 is 4.74 Å². The molecular weight excluding hydrogens is 328 g/mol. The zero-order chi connectivity index (χ0) is 16.8. The lowest BCUT2D eigenvalue weighted by atomic mass is 10.2. The molecule has 1 heterocycles. The van der Waals surface area contributed by atoms with E-state index < -0.39 is 11.3 Å². The summed E-state index contributed by atoms with van der Waals surface area (Å²) in [6.07, 6.45) is 2.92. The molecule has 2 aromatic carbocycles. The second-order valence-corrected chi connectivity index (χ2v) is 5.29. The smallest absolute Gasteiger partial charge is 0.264 e. The Hall–Kier alpha value is -2.99. The van der Waals surface area contributed by atoms with Gasteiger partial charge in [-0.15, -0.1) is 11.6 Å². The number of carbonyl (C=O) groups is 1. The quantitative estimate of drug-likeness (QED) is 0.528. The maximum absolute atomic E-state index is 11.3. The summed E-state index contributed by atoms with van der Waals surface area (Å²) < 4.78 is 5.75. The topological polar surface area (TPSA) is 75.4 Å². The summed E-state index contributed by atoms with van der Waals surface area (Å²) in [6, 6.07) is 16.9. The molecule has 6 nitrogen and oxygen atoms in total. The largest absolute Gasteiger partial charge is 0.457 e. The van der Waals surface area contributed by atoms with E-state index in [0.29, 0.717) is 5.75 Å². The summed E-state index contributed by atoms with van der Waals surface area (Å²) in [5, 5.41) is 10.6. The van der Waals surface area contributed by atoms with Crippen LogP contribution in [0.5, 0.6) is 11.5 Å². The number of alkyl halides is 1. The summed E-state index contributed by atoms with van der Waals surface area (Å²) in [5.41, 5.74) is 3.34. The van der Waals surface area contributed by atoms with Gasteiger partial charge in [0.15, 0.2) is 5.38 Å². The minimum absolute atomic E-state index is 0.286. The maximum Gasteiger partial charge on any atom is 0.264 e. The molecule has 3 rings (SSSR count). The van der Waals surface area contributed by atoms with Crippen LogP contribution in [-0.4, -0.2) is 29.4 Å². The van der Waals surface area contributed by atoms with E-state index in [1.165, 1.54) is 6.21 Å². The Morgan fingerprint density at radius 2 is 1.92 bits per heavy atom. The molecule has 0 saturated carbocycles. The number of amides is 1. The van der Waals surface area contributed by atoms with Crippen LogP contribution in [0.3, 0.4) is 0 Å². The van der Waals surface area contributed by atoms with Crippen molar-refractivity contribution in [2.75, 3.05) is 0 Å². The predicted octanol–water partition coefficient (Wildman–Crippen LogP) is 2.98. The lowest BCUT2D eigenvalue weighted by Gasteiger charge is -2.10. The van der Waals surface area contributed by atoms with Gasteiger partial charge in [0, 0.05) is 0 Å². The first-order chi connectivity index (χ1) is 11.7. The van der Waals surface area contributed by atoms with Gasteiger partial charge in [-0.2, -0.15) is 15.3 Å². The van der Waals surface area contributed by atoms with E-state index >= 15 is 0 Å². The molecule has 0 fully saturated rings. The molecule has 1 aliphatic heterocycles. The fourth-order valence-electron chi connectivity index (χ4n) is 1.94. The molecule has 1 unspecified atom stereocenters. The Morgan fingerprint density at radius 1 is 1.12 bits per heavy atom. The van der Waals surface area contributed by atoms with Crippen LogP contribution in [0.25, 0.3) is 0 Å². The molecule has 1 atom stereocenters. The molecule has 1 aliphatic rings. The van der Waals surface area contributed by atoms with E-state index in [4.69, 9.17) is 16.3 Å². The van der Waals surface area contributed by atoms with Gasteiger partial charge in [0.25, 0.3) is 5.91 Å². The van der Waals surface area contributed by atoms with E-state index in [-0.39, 0.29) is 5.71 Å². The molecule has 1 N–H and O–H groups in total. The number of rotatable bonds is 4. The van der Waals surface area contributed by atoms with Crippen molar-refractivity contribution in [3.8, 4) is 11.5 Å². The van der Waals surface area contributed by atoms with Gasteiger partial charge in [0.2, 0.25) is 0 Å². The predicted molar refractivity (Wildman–Crippen MR) is 94.3 cm³/mol. The zero-order valence-corrected chi connectivity index (χ0v) is 13.2. The Labute approximate surface area is 143 Å². The van der Waals surface area contributed by atoms with Gasteiger partial charge in [-0.25, -0.2) is 5.43 Å². The van der Waals surface area contributed by atoms with E-state index in [0.717, 1.165) is 11.3 Å². The Morgan fingerprint density at radius 3 is 2.75 bits per heavy atom. The van der Waals surface area contributed by atoms with Crippen LogP contribution in [0.15, 0.2) is 69.9 Å². The third kappa shape index (κ3) is 4.05. The van der Waals surface area contributed by atoms with Crippen LogP contribution in [-0.2, 0) is 4.79 Å². The van der Waals surface area contributed by atoms with Crippen molar-refractivity contribution < 1.29 is 9.53 Å². The third-order valence-electron chi connectivity index (χ3n) is 3.08. The molecule has 120 valence electrons. The summed E-state index contributed by atoms with van der Waals surface area (Å²) in [5.74, 6) is 1.01. The van der Waals surface area contributed by atoms with Gasteiger partial charge >= 0.3 is 0 Å². The maximum atomic E-state index is 11.3. The highest BCUT2D eigenvalue weighted by atomic mass is 35.5. The fourth-order valence-corrected chi connectivity index (χ4v) is 2.09. The Bertz CT molecular complexity index is 818. The first-order valence-corrected chi connectivity index (χ1v) is 7.57. The number of halogens is 1. The second-order valence-electron chi connectivity index (χ2n) is 4.85. The number of hydrogen-bond acceptors (Lipinski definition) is 5. The highest BCUT2D eigenvalue weighted by Gasteiger charge is 2.23. The number of nitrogens with zero attached hydrogens (tertiary/aromatic N) is 3. The molecule has 24 heavy (non-hydrogen) atoms. The van der Waals surface area contributed by atoms with Crippen LogP contribution < -0.4 is 10.2 Å². The van der Waals surface area contributed by atoms with E-state index in [2.05, 4.69) is 20.7 Å². The molecule has 0 saturated heterocycles. The van der Waals surface area contributed by atoms with E-state index in [1.54, 1.807) is 6.21 Å². The minimum atomic E-state index is -0.896. The molecule has 0 spiro atoms. The number of para-hydroxylation sites is 1.